The average Bonchev–Trinajstić information content (AvgIpc) is 2.34. The van der Waals surface area contributed by atoms with Crippen LogP contribution in [-0.4, -0.2) is 15.2 Å². The van der Waals surface area contributed by atoms with Gasteiger partial charge in [-0.25, -0.2) is 14.6 Å². The third-order valence-electron chi connectivity index (χ3n) is 2.04. The van der Waals surface area contributed by atoms with Gasteiger partial charge >= 0.3 is 6.01 Å². The number of hydrogen-bond donors (Lipinski definition) is 3. The number of quaternary nitrogens is 1. The highest BCUT2D eigenvalue weighted by Gasteiger charge is 2.07. The first-order chi connectivity index (χ1) is 8.56. The SMILES string of the molecule is Nc1nc(Oc2cccc([NH+]([O-])O)c2)ncc1F. The van der Waals surface area contributed by atoms with E-state index >= 15 is 0 Å². The molecule has 0 radical (unpaired) electrons. The van der Waals surface area contributed by atoms with Crippen LogP contribution in [0.1, 0.15) is 0 Å². The first kappa shape index (κ1) is 12.2. The number of hydrogen-bond acceptors (Lipinski definition) is 6. The minimum Gasteiger partial charge on any atom is -0.595 e. The van der Waals surface area contributed by atoms with Crippen LogP contribution in [0.25, 0.3) is 0 Å². The van der Waals surface area contributed by atoms with E-state index in [9.17, 15) is 9.60 Å². The maximum Gasteiger partial charge on any atom is 0.324 e. The maximum atomic E-state index is 12.8. The van der Waals surface area contributed by atoms with E-state index in [1.54, 1.807) is 0 Å². The molecule has 2 aromatic rings. The molecule has 0 amide bonds. The van der Waals surface area contributed by atoms with Gasteiger partial charge in [0.25, 0.3) is 0 Å². The van der Waals surface area contributed by atoms with E-state index in [0.29, 0.717) is 0 Å². The zero-order valence-electron chi connectivity index (χ0n) is 9.00. The van der Waals surface area contributed by atoms with Gasteiger partial charge in [-0.1, -0.05) is 6.07 Å². The summed E-state index contributed by atoms with van der Waals surface area (Å²) in [6.07, 6.45) is 0.874. The molecule has 0 saturated carbocycles. The molecule has 7 nitrogen and oxygen atoms in total. The van der Waals surface area contributed by atoms with Crippen molar-refractivity contribution in [3.8, 4) is 11.8 Å². The second-order valence-electron chi connectivity index (χ2n) is 3.32. The predicted molar refractivity (Wildman–Crippen MR) is 58.7 cm³/mol. The number of ether oxygens (including phenoxy) is 1. The number of halogens is 1. The maximum absolute atomic E-state index is 12.8. The molecule has 2 rings (SSSR count). The van der Waals surface area contributed by atoms with Gasteiger partial charge in [0.2, 0.25) is 0 Å². The average molecular weight is 252 g/mol. The van der Waals surface area contributed by atoms with Gasteiger partial charge in [0, 0.05) is 12.1 Å². The van der Waals surface area contributed by atoms with Gasteiger partial charge in [0.05, 0.1) is 6.20 Å². The normalized spacial score (nSPS) is 12.2. The molecular formula is C10H9FN4O3. The fourth-order valence-corrected chi connectivity index (χ4v) is 1.21. The Bertz CT molecular complexity index is 565. The fraction of sp³-hybridized carbons (Fsp3) is 0. The van der Waals surface area contributed by atoms with Crippen molar-refractivity contribution in [3.05, 3.63) is 41.5 Å². The Morgan fingerprint density at radius 1 is 1.44 bits per heavy atom. The molecule has 94 valence electrons. The highest BCUT2D eigenvalue weighted by atomic mass is 19.1. The monoisotopic (exact) mass is 252 g/mol. The van der Waals surface area contributed by atoms with Crippen LogP contribution < -0.4 is 15.7 Å². The lowest BCUT2D eigenvalue weighted by Gasteiger charge is -2.12. The van der Waals surface area contributed by atoms with E-state index in [1.165, 1.54) is 24.3 Å². The summed E-state index contributed by atoms with van der Waals surface area (Å²) in [4.78, 5) is 7.14. The summed E-state index contributed by atoms with van der Waals surface area (Å²) in [6.45, 7) is 0. The van der Waals surface area contributed by atoms with Gasteiger partial charge in [-0.2, -0.15) is 10.2 Å². The molecule has 1 aromatic carbocycles. The van der Waals surface area contributed by atoms with E-state index in [0.717, 1.165) is 6.20 Å². The van der Waals surface area contributed by atoms with Crippen molar-refractivity contribution in [1.29, 1.82) is 0 Å². The van der Waals surface area contributed by atoms with Crippen molar-refractivity contribution in [2.45, 2.75) is 0 Å². The molecule has 0 saturated heterocycles. The summed E-state index contributed by atoms with van der Waals surface area (Å²) < 4.78 is 18.0. The van der Waals surface area contributed by atoms with Gasteiger partial charge in [0.1, 0.15) is 5.75 Å². The summed E-state index contributed by atoms with van der Waals surface area (Å²) in [7, 11) is 0. The first-order valence-electron chi connectivity index (χ1n) is 4.85. The molecule has 0 aliphatic heterocycles. The number of nitrogen functional groups attached to an aromatic ring is 1. The largest absolute Gasteiger partial charge is 0.595 e. The molecule has 18 heavy (non-hydrogen) atoms. The van der Waals surface area contributed by atoms with E-state index in [2.05, 4.69) is 9.97 Å². The molecule has 0 spiro atoms. The molecule has 1 heterocycles. The summed E-state index contributed by atoms with van der Waals surface area (Å²) in [5, 5.41) is 18.5. The lowest BCUT2D eigenvalue weighted by molar-refractivity contribution is -0.991. The predicted octanol–water partition coefficient (Wildman–Crippen LogP) is 0.394. The Balaban J connectivity index is 2.23. The minimum atomic E-state index is -1.08. The second kappa shape index (κ2) is 4.92. The number of nitrogens with zero attached hydrogens (tertiary/aromatic N) is 2. The summed E-state index contributed by atoms with van der Waals surface area (Å²) in [5.41, 5.74) is 5.31. The Labute approximate surface area is 101 Å². The Kier molecular flexibility index (Phi) is 3.33. The van der Waals surface area contributed by atoms with Gasteiger partial charge in [0.15, 0.2) is 17.3 Å². The first-order valence-corrected chi connectivity index (χ1v) is 4.85. The van der Waals surface area contributed by atoms with Crippen molar-refractivity contribution in [2.75, 3.05) is 5.73 Å². The molecule has 1 atom stereocenters. The van der Waals surface area contributed by atoms with Crippen LogP contribution in [-0.2, 0) is 0 Å². The minimum absolute atomic E-state index is 0.0579. The smallest absolute Gasteiger partial charge is 0.324 e. The van der Waals surface area contributed by atoms with E-state index in [-0.39, 0.29) is 23.3 Å². The lowest BCUT2D eigenvalue weighted by Crippen LogP contribution is -2.99. The Morgan fingerprint density at radius 2 is 2.22 bits per heavy atom. The number of benzene rings is 1. The van der Waals surface area contributed by atoms with Crippen molar-refractivity contribution in [1.82, 2.24) is 9.97 Å². The Hall–Kier alpha value is -2.29. The molecule has 1 aromatic heterocycles. The molecule has 0 aliphatic carbocycles. The highest BCUT2D eigenvalue weighted by molar-refractivity contribution is 5.39. The highest BCUT2D eigenvalue weighted by Crippen LogP contribution is 2.20. The fourth-order valence-electron chi connectivity index (χ4n) is 1.21. The van der Waals surface area contributed by atoms with Crippen molar-refractivity contribution >= 4 is 11.5 Å². The van der Waals surface area contributed by atoms with Gasteiger partial charge < -0.3 is 15.7 Å². The van der Waals surface area contributed by atoms with E-state index < -0.39 is 11.0 Å². The summed E-state index contributed by atoms with van der Waals surface area (Å²) in [6, 6.07) is 5.58. The van der Waals surface area contributed by atoms with E-state index in [1.807, 2.05) is 0 Å². The van der Waals surface area contributed by atoms with Crippen LogP contribution in [0.15, 0.2) is 30.5 Å². The van der Waals surface area contributed by atoms with Crippen LogP contribution in [0.2, 0.25) is 0 Å². The molecule has 8 heteroatoms. The number of anilines is 1. The third-order valence-corrected chi connectivity index (χ3v) is 2.04. The van der Waals surface area contributed by atoms with Crippen molar-refractivity contribution < 1.29 is 19.6 Å². The molecule has 0 bridgehead atoms. The third kappa shape index (κ3) is 2.69. The number of nitrogens with one attached hydrogen (secondary N) is 1. The van der Waals surface area contributed by atoms with Gasteiger partial charge in [-0.3, -0.25) is 0 Å². The topological polar surface area (TPSA) is 109 Å². The number of aromatic nitrogens is 2. The Morgan fingerprint density at radius 3 is 2.89 bits per heavy atom. The molecule has 1 unspecified atom stereocenters. The van der Waals surface area contributed by atoms with Gasteiger partial charge in [-0.15, -0.1) is 0 Å². The van der Waals surface area contributed by atoms with Crippen molar-refractivity contribution in [3.63, 3.8) is 0 Å². The zero-order valence-corrected chi connectivity index (χ0v) is 9.00. The van der Waals surface area contributed by atoms with Crippen LogP contribution in [0.5, 0.6) is 11.8 Å². The van der Waals surface area contributed by atoms with Crippen molar-refractivity contribution in [2.24, 2.45) is 0 Å². The van der Waals surface area contributed by atoms with Crippen LogP contribution >= 0.6 is 0 Å². The summed E-state index contributed by atoms with van der Waals surface area (Å²) >= 11 is 0. The molecule has 0 fully saturated rings. The second-order valence-corrected chi connectivity index (χ2v) is 3.32. The van der Waals surface area contributed by atoms with Crippen LogP contribution in [0.3, 0.4) is 0 Å². The number of rotatable bonds is 3. The summed E-state index contributed by atoms with van der Waals surface area (Å²) in [5.74, 6) is -0.864. The molecule has 4 N–H and O–H groups in total. The van der Waals surface area contributed by atoms with Crippen LogP contribution in [0.4, 0.5) is 15.9 Å². The zero-order chi connectivity index (χ0) is 13.1. The molecular weight excluding hydrogens is 243 g/mol. The quantitative estimate of drug-likeness (QED) is 0.682. The number of nitrogens with two attached hydrogens (primary N) is 1. The standard InChI is InChI=1S/C10H9FN4O3/c11-8-5-13-10(14-9(8)12)18-7-3-1-2-6(4-7)15(16)17/h1-5,15-16H,(H2,12,13,14). The van der Waals surface area contributed by atoms with Gasteiger partial charge in [-0.05, 0) is 6.07 Å². The van der Waals surface area contributed by atoms with Crippen LogP contribution in [0, 0.1) is 11.0 Å². The van der Waals surface area contributed by atoms with E-state index in [4.69, 9.17) is 15.7 Å². The lowest BCUT2D eigenvalue weighted by atomic mass is 10.3. The molecule has 0 aliphatic rings.